The molecular weight excluding hydrogens is 280 g/mol. The fourth-order valence-corrected chi connectivity index (χ4v) is 2.28. The molecule has 108 valence electrons. The van der Waals surface area contributed by atoms with Crippen molar-refractivity contribution in [1.29, 1.82) is 0 Å². The summed E-state index contributed by atoms with van der Waals surface area (Å²) in [5.41, 5.74) is 0.721. The summed E-state index contributed by atoms with van der Waals surface area (Å²) in [6.07, 6.45) is 2.10. The number of carbonyl (C=O) groups is 1. The lowest BCUT2D eigenvalue weighted by Gasteiger charge is -2.03. The summed E-state index contributed by atoms with van der Waals surface area (Å²) in [5, 5.41) is 19.3. The number of nitro groups is 1. The van der Waals surface area contributed by atoms with Gasteiger partial charge in [-0.05, 0) is 18.2 Å². The van der Waals surface area contributed by atoms with Gasteiger partial charge in [0.15, 0.2) is 0 Å². The first kappa shape index (κ1) is 16.2. The van der Waals surface area contributed by atoms with Crippen LogP contribution < -0.4 is 0 Å². The molecule has 0 unspecified atom stereocenters. The molecule has 0 aromatic heterocycles. The smallest absolute Gasteiger partial charge is 0.303 e. The van der Waals surface area contributed by atoms with Gasteiger partial charge < -0.3 is 5.11 Å². The topological polar surface area (TPSA) is 92.8 Å². The van der Waals surface area contributed by atoms with Crippen LogP contribution in [0.3, 0.4) is 0 Å². The molecule has 0 fully saturated rings. The minimum atomic E-state index is -0.849. The minimum Gasteiger partial charge on any atom is -0.481 e. The van der Waals surface area contributed by atoms with Crippen LogP contribution in [0.4, 0.5) is 5.69 Å². The summed E-state index contributed by atoms with van der Waals surface area (Å²) in [5.74, 6) is 0.00951. The first-order valence-corrected chi connectivity index (χ1v) is 7.16. The molecule has 0 bridgehead atoms. The van der Waals surface area contributed by atoms with Crippen molar-refractivity contribution in [2.45, 2.75) is 24.7 Å². The molecule has 1 N–H and O–H groups in total. The zero-order chi connectivity index (χ0) is 15.0. The molecule has 7 heteroatoms. The van der Waals surface area contributed by atoms with Crippen molar-refractivity contribution >= 4 is 29.6 Å². The van der Waals surface area contributed by atoms with Gasteiger partial charge in [0.2, 0.25) is 0 Å². The molecule has 0 aliphatic carbocycles. The molecule has 0 heterocycles. The Morgan fingerprint density at radius 3 is 2.90 bits per heavy atom. The number of non-ortho nitro benzene ring substituents is 1. The van der Waals surface area contributed by atoms with Crippen molar-refractivity contribution in [3.63, 3.8) is 0 Å². The van der Waals surface area contributed by atoms with Gasteiger partial charge in [-0.2, -0.15) is 0 Å². The predicted octanol–water partition coefficient (Wildman–Crippen LogP) is 2.99. The highest BCUT2D eigenvalue weighted by molar-refractivity contribution is 7.99. The Hall–Kier alpha value is -1.89. The van der Waals surface area contributed by atoms with Crippen molar-refractivity contribution < 1.29 is 14.8 Å². The molecule has 20 heavy (non-hydrogen) atoms. The molecule has 6 nitrogen and oxygen atoms in total. The molecule has 0 saturated carbocycles. The number of rotatable bonds is 8. The molecule has 0 radical (unpaired) electrons. The summed E-state index contributed by atoms with van der Waals surface area (Å²) < 4.78 is 0. The Morgan fingerprint density at radius 2 is 2.30 bits per heavy atom. The molecule has 0 aliphatic rings. The number of thioether (sulfide) groups is 1. The van der Waals surface area contributed by atoms with Crippen LogP contribution in [0.5, 0.6) is 0 Å². The zero-order valence-electron chi connectivity index (χ0n) is 11.1. The zero-order valence-corrected chi connectivity index (χ0v) is 11.9. The quantitative estimate of drug-likeness (QED) is 0.262. The Morgan fingerprint density at radius 1 is 1.55 bits per heavy atom. The second kappa shape index (κ2) is 8.31. The van der Waals surface area contributed by atoms with E-state index < -0.39 is 10.9 Å². The molecule has 0 atom stereocenters. The lowest BCUT2D eigenvalue weighted by molar-refractivity contribution is -0.384. The molecule has 0 spiro atoms. The van der Waals surface area contributed by atoms with E-state index in [1.54, 1.807) is 24.0 Å². The van der Waals surface area contributed by atoms with Gasteiger partial charge in [0.25, 0.3) is 5.69 Å². The number of benzene rings is 1. The third kappa shape index (κ3) is 5.40. The van der Waals surface area contributed by atoms with E-state index in [1.807, 2.05) is 6.92 Å². The first-order chi connectivity index (χ1) is 9.54. The number of carboxylic acids is 1. The maximum atomic E-state index is 10.8. The third-order valence-corrected chi connectivity index (χ3v) is 3.38. The second-order valence-electron chi connectivity index (χ2n) is 3.94. The summed E-state index contributed by atoms with van der Waals surface area (Å²) >= 11 is 1.58. The Kier molecular flexibility index (Phi) is 6.72. The first-order valence-electron chi connectivity index (χ1n) is 6.17. The Labute approximate surface area is 121 Å². The van der Waals surface area contributed by atoms with E-state index in [4.69, 9.17) is 5.11 Å². The fourth-order valence-electron chi connectivity index (χ4n) is 1.52. The van der Waals surface area contributed by atoms with Crippen LogP contribution in [0.25, 0.3) is 0 Å². The van der Waals surface area contributed by atoms with Gasteiger partial charge in [-0.25, -0.2) is 0 Å². The normalized spacial score (nSPS) is 10.8. The van der Waals surface area contributed by atoms with E-state index in [1.165, 1.54) is 12.1 Å². The van der Waals surface area contributed by atoms with E-state index >= 15 is 0 Å². The van der Waals surface area contributed by atoms with Gasteiger partial charge in [-0.15, -0.1) is 11.8 Å². The second-order valence-corrected chi connectivity index (χ2v) is 5.25. The van der Waals surface area contributed by atoms with Gasteiger partial charge in [-0.3, -0.25) is 19.9 Å². The summed E-state index contributed by atoms with van der Waals surface area (Å²) in [4.78, 5) is 25.7. The highest BCUT2D eigenvalue weighted by atomic mass is 32.2. The van der Waals surface area contributed by atoms with E-state index in [2.05, 4.69) is 4.99 Å². The van der Waals surface area contributed by atoms with Crippen LogP contribution in [-0.4, -0.2) is 34.5 Å². The standard InChI is InChI=1S/C13H16N2O4S/c1-2-20-12-6-5-11(15(18)19)8-10(12)9-14-7-3-4-13(16)17/h5-6,8-9H,2-4,7H2,1H3,(H,16,17)/b14-9+. The molecule has 1 aromatic rings. The van der Waals surface area contributed by atoms with Gasteiger partial charge in [0.1, 0.15) is 0 Å². The highest BCUT2D eigenvalue weighted by Gasteiger charge is 2.09. The lowest BCUT2D eigenvalue weighted by atomic mass is 10.2. The maximum absolute atomic E-state index is 10.8. The van der Waals surface area contributed by atoms with Crippen LogP contribution in [0.2, 0.25) is 0 Å². The largest absolute Gasteiger partial charge is 0.481 e. The van der Waals surface area contributed by atoms with Crippen LogP contribution in [0, 0.1) is 10.1 Å². The third-order valence-electron chi connectivity index (χ3n) is 2.41. The van der Waals surface area contributed by atoms with Crippen LogP contribution in [-0.2, 0) is 4.79 Å². The van der Waals surface area contributed by atoms with E-state index in [0.29, 0.717) is 18.5 Å². The summed E-state index contributed by atoms with van der Waals surface area (Å²) in [6.45, 7) is 2.39. The predicted molar refractivity (Wildman–Crippen MR) is 78.8 cm³/mol. The number of nitrogens with zero attached hydrogens (tertiary/aromatic N) is 2. The highest BCUT2D eigenvalue weighted by Crippen LogP contribution is 2.25. The van der Waals surface area contributed by atoms with Crippen molar-refractivity contribution in [3.8, 4) is 0 Å². The Bertz CT molecular complexity index is 517. The molecule has 1 aromatic carbocycles. The van der Waals surface area contributed by atoms with Crippen molar-refractivity contribution in [3.05, 3.63) is 33.9 Å². The van der Waals surface area contributed by atoms with Crippen LogP contribution >= 0.6 is 11.8 Å². The summed E-state index contributed by atoms with van der Waals surface area (Å²) in [6, 6.07) is 4.67. The SMILES string of the molecule is CCSc1ccc([N+](=O)[O-])cc1/C=N/CCCC(=O)O. The van der Waals surface area contributed by atoms with Gasteiger partial charge in [0.05, 0.1) is 4.92 Å². The number of hydrogen-bond acceptors (Lipinski definition) is 5. The lowest BCUT2D eigenvalue weighted by Crippen LogP contribution is -1.96. The van der Waals surface area contributed by atoms with Gasteiger partial charge in [-0.1, -0.05) is 6.92 Å². The molecule has 1 rings (SSSR count). The van der Waals surface area contributed by atoms with E-state index in [9.17, 15) is 14.9 Å². The average molecular weight is 296 g/mol. The van der Waals surface area contributed by atoms with Crippen LogP contribution in [0.1, 0.15) is 25.3 Å². The van der Waals surface area contributed by atoms with Gasteiger partial charge >= 0.3 is 5.97 Å². The van der Waals surface area contributed by atoms with Crippen molar-refractivity contribution in [1.82, 2.24) is 0 Å². The molecule has 0 saturated heterocycles. The number of carboxylic acid groups (broad SMARTS) is 1. The van der Waals surface area contributed by atoms with Gasteiger partial charge in [0, 0.05) is 41.8 Å². The number of nitro benzene ring substituents is 1. The maximum Gasteiger partial charge on any atom is 0.303 e. The minimum absolute atomic E-state index is 0.0254. The van der Waals surface area contributed by atoms with Crippen LogP contribution in [0.15, 0.2) is 28.1 Å². The number of hydrogen-bond donors (Lipinski definition) is 1. The molecule has 0 aliphatic heterocycles. The Balaban J connectivity index is 2.78. The monoisotopic (exact) mass is 296 g/mol. The number of aliphatic imine (C=N–C) groups is 1. The summed E-state index contributed by atoms with van der Waals surface area (Å²) in [7, 11) is 0. The molecular formula is C13H16N2O4S. The number of aliphatic carboxylic acids is 1. The molecule has 0 amide bonds. The van der Waals surface area contributed by atoms with E-state index in [0.717, 1.165) is 10.6 Å². The van der Waals surface area contributed by atoms with E-state index in [-0.39, 0.29) is 12.1 Å². The average Bonchev–Trinajstić information content (AvgIpc) is 2.39. The van der Waals surface area contributed by atoms with Crippen molar-refractivity contribution in [2.75, 3.05) is 12.3 Å². The van der Waals surface area contributed by atoms with Crippen molar-refractivity contribution in [2.24, 2.45) is 4.99 Å². The fraction of sp³-hybridized carbons (Fsp3) is 0.385.